The molecule has 2 amide bonds. The Labute approximate surface area is 152 Å². The summed E-state index contributed by atoms with van der Waals surface area (Å²) in [6.45, 7) is 2.86. The number of unbranched alkanes of at least 4 members (excludes halogenated alkanes) is 1. The number of hydrogen-bond donors (Lipinski definition) is 3. The molecule has 0 radical (unpaired) electrons. The third kappa shape index (κ3) is 6.12. The molecule has 132 valence electrons. The quantitative estimate of drug-likeness (QED) is 0.625. The van der Waals surface area contributed by atoms with Crippen molar-refractivity contribution < 1.29 is 9.59 Å². The summed E-state index contributed by atoms with van der Waals surface area (Å²) in [5.41, 5.74) is 1.94. The first kappa shape index (κ1) is 18.8. The van der Waals surface area contributed by atoms with E-state index in [0.29, 0.717) is 22.8 Å². The van der Waals surface area contributed by atoms with E-state index in [2.05, 4.69) is 22.9 Å². The van der Waals surface area contributed by atoms with Crippen molar-refractivity contribution >= 4 is 34.8 Å². The van der Waals surface area contributed by atoms with Gasteiger partial charge in [-0.3, -0.25) is 9.59 Å². The van der Waals surface area contributed by atoms with Gasteiger partial charge < -0.3 is 16.0 Å². The minimum atomic E-state index is -0.200. The van der Waals surface area contributed by atoms with Crippen LogP contribution in [-0.2, 0) is 4.79 Å². The van der Waals surface area contributed by atoms with Crippen LogP contribution >= 0.6 is 11.6 Å². The maximum atomic E-state index is 12.0. The number of carbonyl (C=O) groups is 2. The van der Waals surface area contributed by atoms with E-state index in [1.807, 2.05) is 0 Å². The molecule has 3 N–H and O–H groups in total. The Hall–Kier alpha value is -2.53. The standard InChI is InChI=1S/C19H22ClN3O2/c1-2-3-12-21-19(25)14-8-10-15(11-9-14)22-13-18(24)23-17-7-5-4-6-16(17)20/h4-11,22H,2-3,12-13H2,1H3,(H,21,25)(H,23,24). The topological polar surface area (TPSA) is 70.2 Å². The van der Waals surface area contributed by atoms with Gasteiger partial charge in [0.25, 0.3) is 5.91 Å². The molecule has 25 heavy (non-hydrogen) atoms. The predicted molar refractivity (Wildman–Crippen MR) is 102 cm³/mol. The molecule has 2 rings (SSSR count). The molecule has 0 bridgehead atoms. The van der Waals surface area contributed by atoms with Gasteiger partial charge in [0.15, 0.2) is 0 Å². The molecule has 5 nitrogen and oxygen atoms in total. The summed E-state index contributed by atoms with van der Waals surface area (Å²) < 4.78 is 0. The van der Waals surface area contributed by atoms with Crippen molar-refractivity contribution in [2.24, 2.45) is 0 Å². The largest absolute Gasteiger partial charge is 0.376 e. The van der Waals surface area contributed by atoms with E-state index in [1.165, 1.54) is 0 Å². The van der Waals surface area contributed by atoms with Crippen molar-refractivity contribution in [2.75, 3.05) is 23.7 Å². The average Bonchev–Trinajstić information content (AvgIpc) is 2.62. The van der Waals surface area contributed by atoms with E-state index in [-0.39, 0.29) is 18.4 Å². The van der Waals surface area contributed by atoms with Crippen LogP contribution in [0, 0.1) is 0 Å². The molecule has 0 aliphatic carbocycles. The third-order valence-electron chi connectivity index (χ3n) is 3.56. The Bertz CT molecular complexity index is 717. The van der Waals surface area contributed by atoms with Gasteiger partial charge in [-0.2, -0.15) is 0 Å². The van der Waals surface area contributed by atoms with Gasteiger partial charge in [0.05, 0.1) is 17.3 Å². The molecule has 0 heterocycles. The highest BCUT2D eigenvalue weighted by Gasteiger charge is 2.07. The van der Waals surface area contributed by atoms with Crippen molar-refractivity contribution in [1.82, 2.24) is 5.32 Å². The second kappa shape index (κ2) is 9.69. The number of benzene rings is 2. The molecule has 0 aliphatic heterocycles. The van der Waals surface area contributed by atoms with Gasteiger partial charge in [0.1, 0.15) is 0 Å². The van der Waals surface area contributed by atoms with Crippen LogP contribution in [0.2, 0.25) is 5.02 Å². The van der Waals surface area contributed by atoms with Crippen LogP contribution in [0.1, 0.15) is 30.1 Å². The lowest BCUT2D eigenvalue weighted by Gasteiger charge is -2.10. The number of nitrogens with one attached hydrogen (secondary N) is 3. The average molecular weight is 360 g/mol. The molecule has 0 atom stereocenters. The number of carbonyl (C=O) groups excluding carboxylic acids is 2. The van der Waals surface area contributed by atoms with Crippen LogP contribution in [0.4, 0.5) is 11.4 Å². The molecular formula is C19H22ClN3O2. The maximum Gasteiger partial charge on any atom is 0.251 e. The van der Waals surface area contributed by atoms with Gasteiger partial charge in [-0.25, -0.2) is 0 Å². The van der Waals surface area contributed by atoms with Crippen LogP contribution < -0.4 is 16.0 Å². The molecule has 0 saturated carbocycles. The lowest BCUT2D eigenvalue weighted by molar-refractivity contribution is -0.114. The highest BCUT2D eigenvalue weighted by atomic mass is 35.5. The van der Waals surface area contributed by atoms with Gasteiger partial charge in [0.2, 0.25) is 5.91 Å². The Morgan fingerprint density at radius 1 is 1.04 bits per heavy atom. The molecule has 0 unspecified atom stereocenters. The van der Waals surface area contributed by atoms with Gasteiger partial charge in [-0.1, -0.05) is 37.1 Å². The summed E-state index contributed by atoms with van der Waals surface area (Å²) in [6.07, 6.45) is 2.01. The highest BCUT2D eigenvalue weighted by Crippen LogP contribution is 2.20. The predicted octanol–water partition coefficient (Wildman–Crippen LogP) is 3.92. The number of amides is 2. The zero-order valence-corrected chi connectivity index (χ0v) is 14.9. The van der Waals surface area contributed by atoms with Crippen molar-refractivity contribution in [1.29, 1.82) is 0 Å². The fourth-order valence-electron chi connectivity index (χ4n) is 2.16. The smallest absolute Gasteiger partial charge is 0.251 e. The molecule has 6 heteroatoms. The Morgan fingerprint density at radius 3 is 2.44 bits per heavy atom. The first-order valence-corrected chi connectivity index (χ1v) is 8.64. The first-order chi connectivity index (χ1) is 12.1. The zero-order chi connectivity index (χ0) is 18.1. The molecule has 0 aromatic heterocycles. The summed E-state index contributed by atoms with van der Waals surface area (Å²) >= 11 is 6.00. The van der Waals surface area contributed by atoms with E-state index in [4.69, 9.17) is 11.6 Å². The molecule has 0 saturated heterocycles. The van der Waals surface area contributed by atoms with E-state index in [0.717, 1.165) is 18.5 Å². The number of para-hydroxylation sites is 1. The van der Waals surface area contributed by atoms with E-state index in [9.17, 15) is 9.59 Å². The third-order valence-corrected chi connectivity index (χ3v) is 3.89. The number of anilines is 2. The Morgan fingerprint density at radius 2 is 1.76 bits per heavy atom. The first-order valence-electron chi connectivity index (χ1n) is 8.26. The second-order valence-corrected chi connectivity index (χ2v) is 5.98. The number of rotatable bonds is 8. The Kier molecular flexibility index (Phi) is 7.29. The van der Waals surface area contributed by atoms with Crippen LogP contribution in [0.3, 0.4) is 0 Å². The van der Waals surface area contributed by atoms with Crippen LogP contribution in [-0.4, -0.2) is 24.9 Å². The van der Waals surface area contributed by atoms with Crippen molar-refractivity contribution in [2.45, 2.75) is 19.8 Å². The minimum Gasteiger partial charge on any atom is -0.376 e. The van der Waals surface area contributed by atoms with Crippen molar-refractivity contribution in [3.8, 4) is 0 Å². The molecular weight excluding hydrogens is 338 g/mol. The van der Waals surface area contributed by atoms with Gasteiger partial charge in [-0.05, 0) is 42.8 Å². The zero-order valence-electron chi connectivity index (χ0n) is 14.1. The van der Waals surface area contributed by atoms with Crippen LogP contribution in [0.15, 0.2) is 48.5 Å². The number of hydrogen-bond acceptors (Lipinski definition) is 3. The number of halogens is 1. The van der Waals surface area contributed by atoms with E-state index < -0.39 is 0 Å². The molecule has 0 spiro atoms. The fraction of sp³-hybridized carbons (Fsp3) is 0.263. The molecule has 0 aliphatic rings. The van der Waals surface area contributed by atoms with E-state index >= 15 is 0 Å². The minimum absolute atomic E-state index is 0.0866. The molecule has 0 fully saturated rings. The molecule has 2 aromatic carbocycles. The summed E-state index contributed by atoms with van der Waals surface area (Å²) in [4.78, 5) is 23.9. The van der Waals surface area contributed by atoms with E-state index in [1.54, 1.807) is 48.5 Å². The lowest BCUT2D eigenvalue weighted by Crippen LogP contribution is -2.24. The van der Waals surface area contributed by atoms with Gasteiger partial charge in [-0.15, -0.1) is 0 Å². The lowest BCUT2D eigenvalue weighted by atomic mass is 10.2. The Balaban J connectivity index is 1.82. The monoisotopic (exact) mass is 359 g/mol. The maximum absolute atomic E-state index is 12.0. The van der Waals surface area contributed by atoms with Crippen LogP contribution in [0.5, 0.6) is 0 Å². The SMILES string of the molecule is CCCCNC(=O)c1ccc(NCC(=O)Nc2ccccc2Cl)cc1. The fourth-order valence-corrected chi connectivity index (χ4v) is 2.34. The van der Waals surface area contributed by atoms with Gasteiger partial charge >= 0.3 is 0 Å². The molecule has 2 aromatic rings. The summed E-state index contributed by atoms with van der Waals surface area (Å²) in [7, 11) is 0. The highest BCUT2D eigenvalue weighted by molar-refractivity contribution is 6.33. The van der Waals surface area contributed by atoms with Crippen molar-refractivity contribution in [3.05, 3.63) is 59.1 Å². The van der Waals surface area contributed by atoms with Crippen molar-refractivity contribution in [3.63, 3.8) is 0 Å². The second-order valence-electron chi connectivity index (χ2n) is 5.57. The van der Waals surface area contributed by atoms with Gasteiger partial charge in [0, 0.05) is 17.8 Å². The summed E-state index contributed by atoms with van der Waals surface area (Å²) in [5.74, 6) is -0.286. The normalized spacial score (nSPS) is 10.2. The summed E-state index contributed by atoms with van der Waals surface area (Å²) in [6, 6.07) is 14.1. The summed E-state index contributed by atoms with van der Waals surface area (Å²) in [5, 5.41) is 9.12. The van der Waals surface area contributed by atoms with Crippen LogP contribution in [0.25, 0.3) is 0 Å².